The number of hydrogen-bond donors (Lipinski definition) is 0. The van der Waals surface area contributed by atoms with Gasteiger partial charge in [0, 0.05) is 24.3 Å². The maximum absolute atomic E-state index is 13.9. The first-order valence-corrected chi connectivity index (χ1v) is 23.0. The molecule has 0 spiro atoms. The lowest BCUT2D eigenvalue weighted by molar-refractivity contribution is 0.289. The summed E-state index contributed by atoms with van der Waals surface area (Å²) in [7, 11) is -19.8. The van der Waals surface area contributed by atoms with Crippen molar-refractivity contribution in [3.63, 3.8) is 0 Å². The van der Waals surface area contributed by atoms with E-state index >= 15 is 0 Å². The van der Waals surface area contributed by atoms with Gasteiger partial charge in [-0.05, 0) is 62.1 Å². The Hall–Kier alpha value is -4.92. The molecule has 1 aliphatic rings. The summed E-state index contributed by atoms with van der Waals surface area (Å²) in [4.78, 5) is -2.93. The Kier molecular flexibility index (Phi) is 13.2. The first-order chi connectivity index (χ1) is 26.5. The second-order valence-electron chi connectivity index (χ2n) is 12.0. The Balaban J connectivity index is 1.78. The van der Waals surface area contributed by atoms with Gasteiger partial charge < -0.3 is 35.7 Å². The van der Waals surface area contributed by atoms with Crippen LogP contribution in [0.5, 0.6) is 46.0 Å². The van der Waals surface area contributed by atoms with E-state index in [2.05, 4.69) is 0 Å². The quantitative estimate of drug-likeness (QED) is 0.145. The number of ether oxygens (including phenoxy) is 4. The van der Waals surface area contributed by atoms with E-state index in [1.807, 2.05) is 0 Å². The third-order valence-electron chi connectivity index (χ3n) is 7.38. The van der Waals surface area contributed by atoms with Crippen LogP contribution in [-0.2, 0) is 40.5 Å². The second-order valence-corrected chi connectivity index (χ2v) is 18.0. The van der Waals surface area contributed by atoms with E-state index in [4.69, 9.17) is 35.7 Å². The van der Waals surface area contributed by atoms with E-state index < -0.39 is 83.1 Å². The van der Waals surface area contributed by atoms with Crippen LogP contribution in [0.4, 0.5) is 0 Å². The van der Waals surface area contributed by atoms with Gasteiger partial charge in [-0.1, -0.05) is 39.8 Å². The van der Waals surface area contributed by atoms with Gasteiger partial charge in [0.1, 0.15) is 65.6 Å². The van der Waals surface area contributed by atoms with Gasteiger partial charge in [-0.3, -0.25) is 0 Å². The molecule has 16 nitrogen and oxygen atoms in total. The Morgan fingerprint density at radius 2 is 0.607 bits per heavy atom. The molecule has 0 fully saturated rings. The fourth-order valence-corrected chi connectivity index (χ4v) is 9.41. The fraction of sp³-hybridized carbons (Fsp3) is 0.333. The van der Waals surface area contributed by atoms with Gasteiger partial charge >= 0.3 is 40.5 Å². The van der Waals surface area contributed by atoms with Crippen molar-refractivity contribution in [3.05, 3.63) is 72.8 Å². The number of benzene rings is 4. The number of hydrogen-bond acceptors (Lipinski definition) is 16. The van der Waals surface area contributed by atoms with Crippen molar-refractivity contribution in [3.8, 4) is 46.0 Å². The molecule has 0 amide bonds. The van der Waals surface area contributed by atoms with Crippen molar-refractivity contribution in [1.29, 1.82) is 0 Å². The minimum atomic E-state index is -4.95. The van der Waals surface area contributed by atoms with Crippen LogP contribution in [0.25, 0.3) is 0 Å². The topological polar surface area (TPSA) is 210 Å². The molecule has 0 aromatic heterocycles. The molecule has 0 N–H and O–H groups in total. The van der Waals surface area contributed by atoms with Crippen LogP contribution in [0, 0.1) is 0 Å². The Labute approximate surface area is 326 Å². The molecule has 0 saturated heterocycles. The SMILES string of the molecule is CCCOc1cc(OCCC)c2cc1S(=O)(=O)Oc1cccc(c1)OS(=O)(=O)c1cc(c(OCCC)cc1OCCC)S(=O)(=O)Oc1cccc(c1)OS2(=O)=O. The maximum atomic E-state index is 13.9. The molecule has 4 aromatic carbocycles. The molecule has 1 heterocycles. The molecule has 0 saturated carbocycles. The second kappa shape index (κ2) is 17.5. The molecule has 20 heteroatoms. The van der Waals surface area contributed by atoms with Crippen molar-refractivity contribution < 1.29 is 69.4 Å². The monoisotopic (exact) mass is 856 g/mol. The van der Waals surface area contributed by atoms with Crippen molar-refractivity contribution in [2.45, 2.75) is 73.0 Å². The number of rotatable bonds is 12. The van der Waals surface area contributed by atoms with Crippen LogP contribution >= 0.6 is 0 Å². The molecule has 5 rings (SSSR count). The molecule has 0 radical (unpaired) electrons. The summed E-state index contributed by atoms with van der Waals surface area (Å²) in [6, 6.07) is 12.7. The molecule has 0 atom stereocenters. The highest BCUT2D eigenvalue weighted by atomic mass is 32.2. The smallest absolute Gasteiger partial charge is 0.342 e. The highest BCUT2D eigenvalue weighted by Gasteiger charge is 2.34. The van der Waals surface area contributed by atoms with Gasteiger partial charge in [-0.2, -0.15) is 33.7 Å². The molecule has 8 bridgehead atoms. The number of fused-ring (bicyclic) bond motifs is 8. The van der Waals surface area contributed by atoms with Crippen LogP contribution in [0.1, 0.15) is 53.4 Å². The van der Waals surface area contributed by atoms with E-state index in [1.54, 1.807) is 27.7 Å². The highest BCUT2D eigenvalue weighted by molar-refractivity contribution is 7.88. The Morgan fingerprint density at radius 3 is 0.821 bits per heavy atom. The van der Waals surface area contributed by atoms with Gasteiger partial charge in [0.25, 0.3) is 0 Å². The zero-order chi connectivity index (χ0) is 40.7. The zero-order valence-electron chi connectivity index (χ0n) is 30.8. The van der Waals surface area contributed by atoms with E-state index in [-0.39, 0.29) is 49.4 Å². The third kappa shape index (κ3) is 9.90. The van der Waals surface area contributed by atoms with Gasteiger partial charge in [0.05, 0.1) is 26.4 Å². The van der Waals surface area contributed by atoms with Crippen LogP contribution in [0.3, 0.4) is 0 Å². The molecule has 1 aliphatic heterocycles. The summed E-state index contributed by atoms with van der Waals surface area (Å²) in [6.45, 7) is 7.14. The van der Waals surface area contributed by atoms with Crippen LogP contribution in [-0.4, -0.2) is 60.1 Å². The van der Waals surface area contributed by atoms with Crippen LogP contribution < -0.4 is 35.7 Å². The third-order valence-corrected chi connectivity index (χ3v) is 12.5. The van der Waals surface area contributed by atoms with Gasteiger partial charge in [0.15, 0.2) is 0 Å². The average molecular weight is 857 g/mol. The van der Waals surface area contributed by atoms with Gasteiger partial charge in [-0.15, -0.1) is 0 Å². The Morgan fingerprint density at radius 1 is 0.375 bits per heavy atom. The minimum Gasteiger partial charge on any atom is -0.492 e. The summed E-state index contributed by atoms with van der Waals surface area (Å²) in [6.07, 6.45) is 1.77. The van der Waals surface area contributed by atoms with Crippen LogP contribution in [0.2, 0.25) is 0 Å². The van der Waals surface area contributed by atoms with Gasteiger partial charge in [0.2, 0.25) is 0 Å². The lowest BCUT2D eigenvalue weighted by atomic mass is 10.3. The lowest BCUT2D eigenvalue weighted by Crippen LogP contribution is -2.18. The molecular weight excluding hydrogens is 817 g/mol. The van der Waals surface area contributed by atoms with E-state index in [0.717, 1.165) is 36.4 Å². The van der Waals surface area contributed by atoms with Crippen molar-refractivity contribution >= 4 is 40.5 Å². The van der Waals surface area contributed by atoms with Crippen molar-refractivity contribution in [1.82, 2.24) is 0 Å². The summed E-state index contributed by atoms with van der Waals surface area (Å²) in [5.41, 5.74) is 0. The first kappa shape index (κ1) is 42.2. The molecular formula is C36H40O16S4. The fourth-order valence-electron chi connectivity index (χ4n) is 4.97. The normalized spacial score (nSPS) is 16.4. The average Bonchev–Trinajstić information content (AvgIpc) is 3.13. The van der Waals surface area contributed by atoms with E-state index in [9.17, 15) is 33.7 Å². The summed E-state index contributed by atoms with van der Waals surface area (Å²) in [5.74, 6) is -3.01. The lowest BCUT2D eigenvalue weighted by Gasteiger charge is -2.19. The van der Waals surface area contributed by atoms with Crippen molar-refractivity contribution in [2.75, 3.05) is 26.4 Å². The molecule has 0 unspecified atom stereocenters. The summed E-state index contributed by atoms with van der Waals surface area (Å²) >= 11 is 0. The maximum Gasteiger partial charge on any atom is 0.342 e. The van der Waals surface area contributed by atoms with E-state index in [0.29, 0.717) is 25.7 Å². The molecule has 4 aromatic rings. The summed E-state index contributed by atoms with van der Waals surface area (Å²) < 4.78 is 156. The molecule has 0 aliphatic carbocycles. The predicted molar refractivity (Wildman–Crippen MR) is 200 cm³/mol. The Bertz CT molecular complexity index is 2170. The van der Waals surface area contributed by atoms with Crippen LogP contribution in [0.15, 0.2) is 92.4 Å². The highest BCUT2D eigenvalue weighted by Crippen LogP contribution is 2.41. The summed E-state index contributed by atoms with van der Waals surface area (Å²) in [5, 5.41) is 0. The zero-order valence-corrected chi connectivity index (χ0v) is 34.0. The van der Waals surface area contributed by atoms with Gasteiger partial charge in [-0.25, -0.2) is 0 Å². The first-order valence-electron chi connectivity index (χ1n) is 17.4. The van der Waals surface area contributed by atoms with Crippen molar-refractivity contribution in [2.24, 2.45) is 0 Å². The van der Waals surface area contributed by atoms with E-state index in [1.165, 1.54) is 36.4 Å². The molecule has 56 heavy (non-hydrogen) atoms. The predicted octanol–water partition coefficient (Wildman–Crippen LogP) is 6.23. The minimum absolute atomic E-state index is 0.0204. The molecule has 304 valence electrons. The standard InChI is InChI=1S/C36H40O16S4/c1-5-15-45-29-21-30(46-16-6-2)34-23-33(29)53(37,38)49-25-11-9-12-26(19-25)51-55(41,42)35-24-36(32(48-18-8-4)22-31(35)47-17-7-3)56(43,44)52-28-14-10-13-27(20-28)50-54(34,39)40/h9-14,19-24H,5-8,15-18H2,1-4H3. The largest absolute Gasteiger partial charge is 0.492 e.